The van der Waals surface area contributed by atoms with E-state index in [2.05, 4.69) is 46.4 Å². The molecule has 0 bridgehead atoms. The van der Waals surface area contributed by atoms with E-state index in [1.165, 1.54) is 33.6 Å². The lowest BCUT2D eigenvalue weighted by Crippen LogP contribution is -2.15. The molecule has 4 aromatic heterocycles. The van der Waals surface area contributed by atoms with Crippen LogP contribution in [0.4, 0.5) is 14.5 Å². The van der Waals surface area contributed by atoms with Crippen LogP contribution in [0.5, 0.6) is 17.2 Å². The molecule has 0 aliphatic rings. The van der Waals surface area contributed by atoms with Gasteiger partial charge in [-0.15, -0.1) is 0 Å². The van der Waals surface area contributed by atoms with Crippen LogP contribution >= 0.6 is 0 Å². The number of hydrogen-bond acceptors (Lipinski definition) is 7. The first kappa shape index (κ1) is 25.8. The number of alkyl halides is 2. The fourth-order valence-electron chi connectivity index (χ4n) is 4.02. The summed E-state index contributed by atoms with van der Waals surface area (Å²) in [5.41, 5.74) is 1.29. The number of nitrogens with one attached hydrogen (secondary N) is 1. The highest BCUT2D eigenvalue weighted by Gasteiger charge is 2.22. The van der Waals surface area contributed by atoms with Gasteiger partial charge in [-0.3, -0.25) is 14.2 Å². The Morgan fingerprint density at radius 3 is 2.72 bits per heavy atom. The number of anilines is 1. The number of fused-ring (bicyclic) bond motifs is 1. The molecule has 4 heterocycles. The predicted molar refractivity (Wildman–Crippen MR) is 138 cm³/mol. The Morgan fingerprint density at radius 2 is 1.95 bits per heavy atom. The average molecular weight is 537 g/mol. The Bertz CT molecular complexity index is 1630. The van der Waals surface area contributed by atoms with Crippen LogP contribution < -0.4 is 14.8 Å². The number of carbonyl (C=O) groups is 1. The third-order valence-corrected chi connectivity index (χ3v) is 5.50. The highest BCUT2D eigenvalue weighted by molar-refractivity contribution is 6.09. The first-order chi connectivity index (χ1) is 18.6. The molecule has 202 valence electrons. The Kier molecular flexibility index (Phi) is 6.73. The quantitative estimate of drug-likeness (QED) is 0.296. The number of hydrogen-bond donors (Lipinski definition) is 1. The van der Waals surface area contributed by atoms with Crippen molar-refractivity contribution < 1.29 is 23.0 Å². The van der Waals surface area contributed by atoms with Gasteiger partial charge in [0.15, 0.2) is 11.4 Å². The van der Waals surface area contributed by atoms with Gasteiger partial charge in [-0.25, -0.2) is 9.50 Å². The Labute approximate surface area is 222 Å². The average Bonchev–Trinajstić information content (AvgIpc) is 3.57. The van der Waals surface area contributed by atoms with Crippen molar-refractivity contribution in [3.63, 3.8) is 0 Å². The van der Waals surface area contributed by atoms with Crippen LogP contribution in [-0.4, -0.2) is 46.7 Å². The summed E-state index contributed by atoms with van der Waals surface area (Å²) >= 11 is 0. The second-order valence-corrected chi connectivity index (χ2v) is 10.0. The van der Waals surface area contributed by atoms with Crippen molar-refractivity contribution >= 4 is 17.2 Å². The molecule has 5 rings (SSSR count). The molecule has 5 aromatic rings. The van der Waals surface area contributed by atoms with Crippen molar-refractivity contribution in [3.8, 4) is 28.5 Å². The number of aromatic nitrogens is 7. The van der Waals surface area contributed by atoms with Crippen LogP contribution in [-0.2, 0) is 13.6 Å². The topological polar surface area (TPSA) is 113 Å². The Balaban J connectivity index is 1.47. The van der Waals surface area contributed by atoms with Gasteiger partial charge in [-0.2, -0.15) is 24.1 Å². The largest absolute Gasteiger partial charge is 0.454 e. The van der Waals surface area contributed by atoms with Crippen molar-refractivity contribution in [2.24, 2.45) is 12.5 Å². The summed E-state index contributed by atoms with van der Waals surface area (Å²) in [5, 5.41) is 15.6. The molecule has 1 aromatic carbocycles. The standard InChI is InChI=1S/C26H26F2N8O3/c1-26(2,3)15-35-13-17(11-30-35)38-16-6-7-21(39-25(27)28)18(10-16)22-20(14-34(4)33-22)32-24(37)19-12-31-36-9-5-8-29-23(19)36/h5-14,25H,15H2,1-4H3,(H,32,37). The maximum absolute atomic E-state index is 13.3. The summed E-state index contributed by atoms with van der Waals surface area (Å²) in [6.45, 7) is 3.90. The molecular weight excluding hydrogens is 510 g/mol. The lowest BCUT2D eigenvalue weighted by atomic mass is 9.97. The summed E-state index contributed by atoms with van der Waals surface area (Å²) in [4.78, 5) is 17.3. The van der Waals surface area contributed by atoms with E-state index in [1.54, 1.807) is 48.8 Å². The number of amides is 1. The van der Waals surface area contributed by atoms with E-state index in [0.717, 1.165) is 0 Å². The van der Waals surface area contributed by atoms with Gasteiger partial charge in [0.2, 0.25) is 0 Å². The Morgan fingerprint density at radius 1 is 1.13 bits per heavy atom. The molecule has 0 fully saturated rings. The van der Waals surface area contributed by atoms with E-state index in [9.17, 15) is 13.6 Å². The van der Waals surface area contributed by atoms with E-state index in [4.69, 9.17) is 9.47 Å². The van der Waals surface area contributed by atoms with Gasteiger partial charge in [-0.05, 0) is 29.7 Å². The van der Waals surface area contributed by atoms with Gasteiger partial charge in [0.1, 0.15) is 22.8 Å². The summed E-state index contributed by atoms with van der Waals surface area (Å²) in [5.74, 6) is 0.195. The molecule has 0 radical (unpaired) electrons. The van der Waals surface area contributed by atoms with E-state index in [1.807, 2.05) is 0 Å². The first-order valence-corrected chi connectivity index (χ1v) is 12.0. The molecule has 0 saturated heterocycles. The SMILES string of the molecule is Cn1cc(NC(=O)c2cnn3cccnc23)c(-c2cc(Oc3cnn(CC(C)(C)C)c3)ccc2OC(F)F)n1. The number of carbonyl (C=O) groups excluding carboxylic acids is 1. The molecule has 1 amide bonds. The molecule has 0 spiro atoms. The molecule has 0 aliphatic heterocycles. The molecule has 0 atom stereocenters. The van der Waals surface area contributed by atoms with Crippen molar-refractivity contribution in [1.82, 2.24) is 34.2 Å². The number of aryl methyl sites for hydroxylation is 1. The van der Waals surface area contributed by atoms with E-state index in [0.29, 0.717) is 23.7 Å². The third-order valence-electron chi connectivity index (χ3n) is 5.50. The summed E-state index contributed by atoms with van der Waals surface area (Å²) in [7, 11) is 1.65. The van der Waals surface area contributed by atoms with Crippen molar-refractivity contribution in [3.05, 3.63) is 67.0 Å². The van der Waals surface area contributed by atoms with Crippen LogP contribution in [0.25, 0.3) is 16.9 Å². The zero-order valence-electron chi connectivity index (χ0n) is 21.7. The second kappa shape index (κ2) is 10.2. The molecule has 0 unspecified atom stereocenters. The van der Waals surface area contributed by atoms with Gasteiger partial charge in [-0.1, -0.05) is 20.8 Å². The van der Waals surface area contributed by atoms with Gasteiger partial charge in [0.25, 0.3) is 5.91 Å². The number of nitrogens with zero attached hydrogens (tertiary/aromatic N) is 7. The predicted octanol–water partition coefficient (Wildman–Crippen LogP) is 5.02. The van der Waals surface area contributed by atoms with Gasteiger partial charge < -0.3 is 14.8 Å². The fourth-order valence-corrected chi connectivity index (χ4v) is 4.02. The highest BCUT2D eigenvalue weighted by Crippen LogP contribution is 2.38. The summed E-state index contributed by atoms with van der Waals surface area (Å²) in [6, 6.07) is 6.09. The minimum absolute atomic E-state index is 0.0179. The van der Waals surface area contributed by atoms with Crippen molar-refractivity contribution in [1.29, 1.82) is 0 Å². The molecule has 11 nitrogen and oxygen atoms in total. The smallest absolute Gasteiger partial charge is 0.387 e. The maximum Gasteiger partial charge on any atom is 0.387 e. The van der Waals surface area contributed by atoms with Gasteiger partial charge in [0.05, 0.1) is 29.8 Å². The van der Waals surface area contributed by atoms with Crippen LogP contribution in [0.15, 0.2) is 61.4 Å². The van der Waals surface area contributed by atoms with E-state index >= 15 is 0 Å². The molecule has 1 N–H and O–H groups in total. The molecule has 39 heavy (non-hydrogen) atoms. The van der Waals surface area contributed by atoms with Crippen molar-refractivity contribution in [2.75, 3.05) is 5.32 Å². The monoisotopic (exact) mass is 536 g/mol. The van der Waals surface area contributed by atoms with E-state index < -0.39 is 12.5 Å². The molecular formula is C26H26F2N8O3. The first-order valence-electron chi connectivity index (χ1n) is 12.0. The molecule has 0 saturated carbocycles. The van der Waals surface area contributed by atoms with Crippen LogP contribution in [0.2, 0.25) is 0 Å². The zero-order valence-corrected chi connectivity index (χ0v) is 21.7. The van der Waals surface area contributed by atoms with Gasteiger partial charge >= 0.3 is 6.61 Å². The van der Waals surface area contributed by atoms with Crippen LogP contribution in [0.3, 0.4) is 0 Å². The minimum Gasteiger partial charge on any atom is -0.454 e. The molecule has 0 aliphatic carbocycles. The summed E-state index contributed by atoms with van der Waals surface area (Å²) < 4.78 is 42.0. The highest BCUT2D eigenvalue weighted by atomic mass is 19.3. The normalized spacial score (nSPS) is 11.8. The number of benzene rings is 1. The summed E-state index contributed by atoms with van der Waals surface area (Å²) in [6.07, 6.45) is 9.50. The number of ether oxygens (including phenoxy) is 2. The van der Waals surface area contributed by atoms with E-state index in [-0.39, 0.29) is 33.7 Å². The second-order valence-electron chi connectivity index (χ2n) is 10.0. The van der Waals surface area contributed by atoms with Gasteiger partial charge in [0, 0.05) is 32.2 Å². The fraction of sp³-hybridized carbons (Fsp3) is 0.269. The van der Waals surface area contributed by atoms with Crippen LogP contribution in [0, 0.1) is 5.41 Å². The molecule has 13 heteroatoms. The van der Waals surface area contributed by atoms with Crippen LogP contribution in [0.1, 0.15) is 31.1 Å². The number of rotatable bonds is 8. The maximum atomic E-state index is 13.3. The Hall–Kier alpha value is -4.81. The number of halogens is 2. The lowest BCUT2D eigenvalue weighted by Gasteiger charge is -2.17. The minimum atomic E-state index is -3.07. The third kappa shape index (κ3) is 5.87. The lowest BCUT2D eigenvalue weighted by molar-refractivity contribution is -0.0494. The zero-order chi connectivity index (χ0) is 27.7. The van der Waals surface area contributed by atoms with Crippen molar-refractivity contribution in [2.45, 2.75) is 33.9 Å².